The van der Waals surface area contributed by atoms with E-state index in [4.69, 9.17) is 4.74 Å². The number of rotatable bonds is 5. The summed E-state index contributed by atoms with van der Waals surface area (Å²) in [6, 6.07) is 7.04. The maximum absolute atomic E-state index is 12.9. The second kappa shape index (κ2) is 6.99. The number of H-pyrrole nitrogens is 1. The van der Waals surface area contributed by atoms with Gasteiger partial charge in [0.05, 0.1) is 12.3 Å². The third-order valence-electron chi connectivity index (χ3n) is 4.18. The van der Waals surface area contributed by atoms with Gasteiger partial charge in [-0.05, 0) is 50.6 Å². The first-order valence-electron chi connectivity index (χ1n) is 8.52. The van der Waals surface area contributed by atoms with E-state index in [2.05, 4.69) is 9.97 Å². The van der Waals surface area contributed by atoms with Gasteiger partial charge in [-0.2, -0.15) is 4.98 Å². The van der Waals surface area contributed by atoms with E-state index in [0.717, 1.165) is 4.57 Å². The molecular weight excluding hydrogens is 336 g/mol. The van der Waals surface area contributed by atoms with Gasteiger partial charge in [0.15, 0.2) is 5.65 Å². The first-order valence-corrected chi connectivity index (χ1v) is 8.52. The highest BCUT2D eigenvalue weighted by molar-refractivity contribution is 5.89. The molecule has 0 fully saturated rings. The van der Waals surface area contributed by atoms with E-state index < -0.39 is 16.9 Å². The van der Waals surface area contributed by atoms with Crippen LogP contribution in [-0.2, 0) is 13.1 Å². The van der Waals surface area contributed by atoms with Crippen molar-refractivity contribution in [3.63, 3.8) is 0 Å². The van der Waals surface area contributed by atoms with E-state index in [9.17, 15) is 14.4 Å². The average Bonchev–Trinajstić information content (AvgIpc) is 2.62. The quantitative estimate of drug-likeness (QED) is 0.744. The second-order valence-electron chi connectivity index (χ2n) is 5.65. The first kappa shape index (κ1) is 17.7. The molecule has 0 amide bonds. The Bertz CT molecular complexity index is 1120. The van der Waals surface area contributed by atoms with Crippen LogP contribution >= 0.6 is 0 Å². The molecule has 0 unspecified atom stereocenters. The highest BCUT2D eigenvalue weighted by Gasteiger charge is 2.18. The molecule has 136 valence electrons. The molecule has 0 aliphatic carbocycles. The monoisotopic (exact) mass is 356 g/mol. The van der Waals surface area contributed by atoms with Crippen molar-refractivity contribution in [2.75, 3.05) is 6.61 Å². The molecule has 8 heteroatoms. The second-order valence-corrected chi connectivity index (χ2v) is 5.65. The molecule has 26 heavy (non-hydrogen) atoms. The SMILES string of the molecule is CCOc1ccc(-c2[nH]c(=O)nc3c2c(=O)n(CC)c(=O)n3CC)cc1. The third-order valence-corrected chi connectivity index (χ3v) is 4.18. The number of benzene rings is 1. The molecule has 1 aromatic carbocycles. The van der Waals surface area contributed by atoms with Crippen LogP contribution in [0.1, 0.15) is 20.8 Å². The van der Waals surface area contributed by atoms with Crippen LogP contribution < -0.4 is 21.7 Å². The van der Waals surface area contributed by atoms with E-state index in [0.29, 0.717) is 30.2 Å². The number of hydrogen-bond acceptors (Lipinski definition) is 5. The Morgan fingerprint density at radius 1 is 1.00 bits per heavy atom. The lowest BCUT2D eigenvalue weighted by molar-refractivity contribution is 0.340. The van der Waals surface area contributed by atoms with Crippen molar-refractivity contribution >= 4 is 11.0 Å². The van der Waals surface area contributed by atoms with E-state index in [1.54, 1.807) is 38.1 Å². The van der Waals surface area contributed by atoms with Gasteiger partial charge in [-0.3, -0.25) is 13.9 Å². The van der Waals surface area contributed by atoms with Crippen molar-refractivity contribution in [1.82, 2.24) is 19.1 Å². The molecule has 1 N–H and O–H groups in total. The molecular formula is C18H20N4O4. The number of nitrogens with one attached hydrogen (secondary N) is 1. The fraction of sp³-hybridized carbons (Fsp3) is 0.333. The predicted molar refractivity (Wildman–Crippen MR) is 98.8 cm³/mol. The van der Waals surface area contributed by atoms with Gasteiger partial charge >= 0.3 is 11.4 Å². The lowest BCUT2D eigenvalue weighted by Gasteiger charge is -2.13. The molecule has 2 aromatic heterocycles. The van der Waals surface area contributed by atoms with Gasteiger partial charge in [0.1, 0.15) is 11.1 Å². The molecule has 0 saturated heterocycles. The summed E-state index contributed by atoms with van der Waals surface area (Å²) in [7, 11) is 0. The highest BCUT2D eigenvalue weighted by Crippen LogP contribution is 2.24. The van der Waals surface area contributed by atoms with Crippen molar-refractivity contribution in [2.24, 2.45) is 0 Å². The number of ether oxygens (including phenoxy) is 1. The van der Waals surface area contributed by atoms with Gasteiger partial charge in [-0.25, -0.2) is 9.59 Å². The van der Waals surface area contributed by atoms with Crippen LogP contribution in [0.4, 0.5) is 0 Å². The van der Waals surface area contributed by atoms with Crippen molar-refractivity contribution in [3.8, 4) is 17.0 Å². The normalized spacial score (nSPS) is 11.0. The fourth-order valence-corrected chi connectivity index (χ4v) is 2.98. The third kappa shape index (κ3) is 2.83. The average molecular weight is 356 g/mol. The summed E-state index contributed by atoms with van der Waals surface area (Å²) in [6.07, 6.45) is 0. The van der Waals surface area contributed by atoms with Crippen LogP contribution in [0.2, 0.25) is 0 Å². The van der Waals surface area contributed by atoms with E-state index in [-0.39, 0.29) is 17.6 Å². The molecule has 0 saturated carbocycles. The number of hydrogen-bond donors (Lipinski definition) is 1. The number of aromatic amines is 1. The minimum Gasteiger partial charge on any atom is -0.494 e. The van der Waals surface area contributed by atoms with Crippen molar-refractivity contribution in [2.45, 2.75) is 33.9 Å². The van der Waals surface area contributed by atoms with Crippen molar-refractivity contribution < 1.29 is 4.74 Å². The zero-order chi connectivity index (χ0) is 18.8. The van der Waals surface area contributed by atoms with Crippen molar-refractivity contribution in [1.29, 1.82) is 0 Å². The van der Waals surface area contributed by atoms with E-state index >= 15 is 0 Å². The molecule has 0 aliphatic rings. The van der Waals surface area contributed by atoms with Gasteiger partial charge in [-0.15, -0.1) is 0 Å². The number of fused-ring (bicyclic) bond motifs is 1. The Hall–Kier alpha value is -3.16. The van der Waals surface area contributed by atoms with Crippen LogP contribution in [0.3, 0.4) is 0 Å². The molecule has 3 rings (SSSR count). The zero-order valence-electron chi connectivity index (χ0n) is 14.9. The molecule has 2 heterocycles. The maximum Gasteiger partial charge on any atom is 0.347 e. The van der Waals surface area contributed by atoms with Crippen LogP contribution in [0, 0.1) is 0 Å². The summed E-state index contributed by atoms with van der Waals surface area (Å²) in [5.74, 6) is 0.688. The van der Waals surface area contributed by atoms with E-state index in [1.165, 1.54) is 4.57 Å². The summed E-state index contributed by atoms with van der Waals surface area (Å²) < 4.78 is 7.91. The fourth-order valence-electron chi connectivity index (χ4n) is 2.98. The van der Waals surface area contributed by atoms with Crippen LogP contribution in [0.15, 0.2) is 38.6 Å². The van der Waals surface area contributed by atoms with Gasteiger partial charge in [0.25, 0.3) is 5.56 Å². The number of nitrogens with zero attached hydrogens (tertiary/aromatic N) is 3. The van der Waals surface area contributed by atoms with Gasteiger partial charge < -0.3 is 9.72 Å². The Morgan fingerprint density at radius 2 is 1.65 bits per heavy atom. The lowest BCUT2D eigenvalue weighted by Crippen LogP contribution is -2.41. The molecule has 0 aliphatic heterocycles. The number of aryl methyl sites for hydroxylation is 1. The highest BCUT2D eigenvalue weighted by atomic mass is 16.5. The summed E-state index contributed by atoms with van der Waals surface area (Å²) >= 11 is 0. The van der Waals surface area contributed by atoms with Crippen LogP contribution in [0.5, 0.6) is 5.75 Å². The molecule has 0 radical (unpaired) electrons. The largest absolute Gasteiger partial charge is 0.494 e. The lowest BCUT2D eigenvalue weighted by atomic mass is 10.1. The molecule has 0 bridgehead atoms. The van der Waals surface area contributed by atoms with E-state index in [1.807, 2.05) is 6.92 Å². The van der Waals surface area contributed by atoms with Gasteiger partial charge in [0.2, 0.25) is 0 Å². The minimum absolute atomic E-state index is 0.0971. The zero-order valence-corrected chi connectivity index (χ0v) is 14.9. The number of aromatic nitrogens is 4. The summed E-state index contributed by atoms with van der Waals surface area (Å²) in [6.45, 7) is 6.45. The topological polar surface area (TPSA) is 99.0 Å². The smallest absolute Gasteiger partial charge is 0.347 e. The summed E-state index contributed by atoms with van der Waals surface area (Å²) in [5, 5.41) is 0.219. The Labute approximate surface area is 148 Å². The Morgan fingerprint density at radius 3 is 2.23 bits per heavy atom. The minimum atomic E-state index is -0.614. The Balaban J connectivity index is 2.41. The molecule has 0 spiro atoms. The molecule has 3 aromatic rings. The molecule has 8 nitrogen and oxygen atoms in total. The first-order chi connectivity index (χ1) is 12.5. The van der Waals surface area contributed by atoms with Gasteiger partial charge in [0, 0.05) is 13.1 Å². The summed E-state index contributed by atoms with van der Waals surface area (Å²) in [4.78, 5) is 44.0. The maximum atomic E-state index is 12.9. The van der Waals surface area contributed by atoms with Gasteiger partial charge in [-0.1, -0.05) is 0 Å². The van der Waals surface area contributed by atoms with Crippen LogP contribution in [0.25, 0.3) is 22.3 Å². The summed E-state index contributed by atoms with van der Waals surface area (Å²) in [5.41, 5.74) is -0.471. The predicted octanol–water partition coefficient (Wildman–Crippen LogP) is 1.35. The standard InChI is InChI=1S/C18H20N4O4/c1-4-21-15-13(16(23)22(5-2)18(21)25)14(19-17(24)20-15)11-7-9-12(10-8-11)26-6-3/h7-10H,4-6H2,1-3H3,(H,19,20,24). The van der Waals surface area contributed by atoms with Crippen LogP contribution in [-0.4, -0.2) is 25.7 Å². The van der Waals surface area contributed by atoms with Crippen molar-refractivity contribution in [3.05, 3.63) is 55.6 Å². The Kier molecular flexibility index (Phi) is 4.75. The molecule has 0 atom stereocenters.